The molecule has 0 amide bonds. The quantitative estimate of drug-likeness (QED) is 0.557. The van der Waals surface area contributed by atoms with E-state index in [-0.39, 0.29) is 6.04 Å². The van der Waals surface area contributed by atoms with Gasteiger partial charge < -0.3 is 4.98 Å². The van der Waals surface area contributed by atoms with Crippen LogP contribution in [0.1, 0.15) is 28.6 Å². The van der Waals surface area contributed by atoms with Crippen LogP contribution in [0.5, 0.6) is 0 Å². The Morgan fingerprint density at radius 1 is 1.03 bits per heavy atom. The number of aromatic nitrogens is 5. The zero-order valence-electron chi connectivity index (χ0n) is 15.7. The molecule has 0 saturated carbocycles. The summed E-state index contributed by atoms with van der Waals surface area (Å²) in [5.41, 5.74) is 5.43. The Bertz CT molecular complexity index is 1090. The average molecular weight is 403 g/mol. The van der Waals surface area contributed by atoms with Crippen LogP contribution in [0.15, 0.2) is 67.5 Å². The van der Waals surface area contributed by atoms with E-state index in [1.807, 2.05) is 48.9 Å². The molecular formula is C22H19ClN6. The fourth-order valence-corrected chi connectivity index (χ4v) is 3.95. The standard InChI is InChI=1S/C22H19ClN6/c23-18-5-3-16(4-6-18)22-25-10-15(11-26-22)13-29-9-7-19-20(28-14-27-19)21(29)17-2-1-8-24-12-17/h1-6,8,10-12,14,21H,7,9,13H2,(H,27,28). The minimum Gasteiger partial charge on any atom is -0.348 e. The number of imidazole rings is 1. The monoisotopic (exact) mass is 402 g/mol. The van der Waals surface area contributed by atoms with Crippen LogP contribution >= 0.6 is 11.6 Å². The molecule has 4 heterocycles. The van der Waals surface area contributed by atoms with Gasteiger partial charge in [0.2, 0.25) is 0 Å². The maximum absolute atomic E-state index is 5.97. The largest absolute Gasteiger partial charge is 0.348 e. The summed E-state index contributed by atoms with van der Waals surface area (Å²) in [6, 6.07) is 11.7. The SMILES string of the molecule is Clc1ccc(-c2ncc(CN3CCc4[nH]cnc4C3c3cccnc3)cn2)cc1. The summed E-state index contributed by atoms with van der Waals surface area (Å²) in [5, 5.41) is 0.703. The van der Waals surface area contributed by atoms with E-state index in [0.717, 1.165) is 41.9 Å². The molecule has 7 heteroatoms. The van der Waals surface area contributed by atoms with Gasteiger partial charge in [-0.1, -0.05) is 17.7 Å². The minimum atomic E-state index is 0.0645. The van der Waals surface area contributed by atoms with Gasteiger partial charge in [0.25, 0.3) is 0 Å². The van der Waals surface area contributed by atoms with Crippen LogP contribution in [0, 0.1) is 0 Å². The van der Waals surface area contributed by atoms with Gasteiger partial charge in [0.1, 0.15) is 0 Å². The Hall–Kier alpha value is -3.09. The Morgan fingerprint density at radius 2 is 1.86 bits per heavy atom. The van der Waals surface area contributed by atoms with Gasteiger partial charge in [-0.3, -0.25) is 9.88 Å². The molecule has 1 aliphatic heterocycles. The fraction of sp³-hybridized carbons (Fsp3) is 0.182. The number of rotatable bonds is 4. The van der Waals surface area contributed by atoms with Crippen LogP contribution in [0.2, 0.25) is 5.02 Å². The first-order chi connectivity index (χ1) is 14.3. The summed E-state index contributed by atoms with van der Waals surface area (Å²) in [6.07, 6.45) is 10.2. The van der Waals surface area contributed by atoms with Crippen LogP contribution in [-0.4, -0.2) is 36.4 Å². The highest BCUT2D eigenvalue weighted by Crippen LogP contribution is 2.33. The number of pyridine rings is 1. The second-order valence-corrected chi connectivity index (χ2v) is 7.53. The van der Waals surface area contributed by atoms with Gasteiger partial charge in [0.15, 0.2) is 5.82 Å². The topological polar surface area (TPSA) is 70.6 Å². The Balaban J connectivity index is 1.41. The first-order valence-corrected chi connectivity index (χ1v) is 9.89. The number of benzene rings is 1. The highest BCUT2D eigenvalue weighted by Gasteiger charge is 2.31. The molecule has 5 rings (SSSR count). The lowest BCUT2D eigenvalue weighted by atomic mass is 9.96. The first kappa shape index (κ1) is 18.0. The number of H-pyrrole nitrogens is 1. The fourth-order valence-electron chi connectivity index (χ4n) is 3.82. The van der Waals surface area contributed by atoms with Crippen molar-refractivity contribution in [1.82, 2.24) is 29.8 Å². The average Bonchev–Trinajstić information content (AvgIpc) is 3.24. The third-order valence-corrected chi connectivity index (χ3v) is 5.47. The lowest BCUT2D eigenvalue weighted by molar-refractivity contribution is 0.199. The highest BCUT2D eigenvalue weighted by atomic mass is 35.5. The maximum atomic E-state index is 5.97. The highest BCUT2D eigenvalue weighted by molar-refractivity contribution is 6.30. The number of halogens is 1. The molecule has 4 aromatic rings. The lowest BCUT2D eigenvalue weighted by Crippen LogP contribution is -2.36. The van der Waals surface area contributed by atoms with Crippen LogP contribution in [-0.2, 0) is 13.0 Å². The van der Waals surface area contributed by atoms with E-state index in [4.69, 9.17) is 11.6 Å². The normalized spacial score (nSPS) is 16.5. The van der Waals surface area contributed by atoms with Gasteiger partial charge in [0.05, 0.1) is 18.1 Å². The van der Waals surface area contributed by atoms with Crippen molar-refractivity contribution in [3.05, 3.63) is 95.1 Å². The van der Waals surface area contributed by atoms with Crippen LogP contribution in [0.25, 0.3) is 11.4 Å². The number of nitrogens with zero attached hydrogens (tertiary/aromatic N) is 5. The molecule has 144 valence electrons. The number of fused-ring (bicyclic) bond motifs is 1. The second-order valence-electron chi connectivity index (χ2n) is 7.10. The summed E-state index contributed by atoms with van der Waals surface area (Å²) >= 11 is 5.97. The van der Waals surface area contributed by atoms with Crippen molar-refractivity contribution in [2.45, 2.75) is 19.0 Å². The molecular weight excluding hydrogens is 384 g/mol. The summed E-state index contributed by atoms with van der Waals surface area (Å²) in [4.78, 5) is 23.7. The Labute approximate surface area is 173 Å². The molecule has 1 atom stereocenters. The van der Waals surface area contributed by atoms with Crippen LogP contribution in [0.4, 0.5) is 0 Å². The van der Waals surface area contributed by atoms with Gasteiger partial charge in [0, 0.05) is 66.1 Å². The summed E-state index contributed by atoms with van der Waals surface area (Å²) < 4.78 is 0. The zero-order chi connectivity index (χ0) is 19.6. The number of aromatic amines is 1. The van der Waals surface area contributed by atoms with E-state index in [0.29, 0.717) is 10.8 Å². The predicted molar refractivity (Wildman–Crippen MR) is 111 cm³/mol. The summed E-state index contributed by atoms with van der Waals surface area (Å²) in [6.45, 7) is 1.67. The van der Waals surface area contributed by atoms with Crippen molar-refractivity contribution >= 4 is 11.6 Å². The number of hydrogen-bond donors (Lipinski definition) is 1. The molecule has 1 unspecified atom stereocenters. The number of nitrogens with one attached hydrogen (secondary N) is 1. The van der Waals surface area contributed by atoms with Crippen molar-refractivity contribution in [3.63, 3.8) is 0 Å². The van der Waals surface area contributed by atoms with Gasteiger partial charge in [-0.2, -0.15) is 0 Å². The molecule has 29 heavy (non-hydrogen) atoms. The molecule has 1 aliphatic rings. The summed E-state index contributed by atoms with van der Waals surface area (Å²) in [5.74, 6) is 0.697. The van der Waals surface area contributed by atoms with E-state index in [2.05, 4.69) is 35.9 Å². The molecule has 1 aromatic carbocycles. The molecule has 6 nitrogen and oxygen atoms in total. The van der Waals surface area contributed by atoms with E-state index in [1.54, 1.807) is 12.5 Å². The van der Waals surface area contributed by atoms with E-state index in [9.17, 15) is 0 Å². The lowest BCUT2D eigenvalue weighted by Gasteiger charge is -2.35. The Morgan fingerprint density at radius 3 is 2.62 bits per heavy atom. The zero-order valence-corrected chi connectivity index (χ0v) is 16.4. The molecule has 0 bridgehead atoms. The van der Waals surface area contributed by atoms with Crippen molar-refractivity contribution < 1.29 is 0 Å². The second kappa shape index (κ2) is 7.73. The number of hydrogen-bond acceptors (Lipinski definition) is 5. The van der Waals surface area contributed by atoms with E-state index in [1.165, 1.54) is 5.69 Å². The molecule has 0 spiro atoms. The smallest absolute Gasteiger partial charge is 0.159 e. The van der Waals surface area contributed by atoms with Gasteiger partial charge in [-0.25, -0.2) is 15.0 Å². The van der Waals surface area contributed by atoms with Gasteiger partial charge in [-0.15, -0.1) is 0 Å². The minimum absolute atomic E-state index is 0.0645. The van der Waals surface area contributed by atoms with Crippen molar-refractivity contribution in [2.24, 2.45) is 0 Å². The van der Waals surface area contributed by atoms with Crippen LogP contribution < -0.4 is 0 Å². The van der Waals surface area contributed by atoms with Crippen LogP contribution in [0.3, 0.4) is 0 Å². The molecule has 0 aliphatic carbocycles. The van der Waals surface area contributed by atoms with Crippen molar-refractivity contribution in [2.75, 3.05) is 6.54 Å². The van der Waals surface area contributed by atoms with E-state index >= 15 is 0 Å². The van der Waals surface area contributed by atoms with Gasteiger partial charge in [-0.05, 0) is 35.9 Å². The van der Waals surface area contributed by atoms with Crippen molar-refractivity contribution in [3.8, 4) is 11.4 Å². The predicted octanol–water partition coefficient (Wildman–Crippen LogP) is 4.06. The molecule has 1 N–H and O–H groups in total. The molecule has 0 saturated heterocycles. The summed E-state index contributed by atoms with van der Waals surface area (Å²) in [7, 11) is 0. The maximum Gasteiger partial charge on any atom is 0.159 e. The molecule has 0 radical (unpaired) electrons. The third-order valence-electron chi connectivity index (χ3n) is 5.22. The molecule has 3 aromatic heterocycles. The first-order valence-electron chi connectivity index (χ1n) is 9.51. The molecule has 0 fully saturated rings. The van der Waals surface area contributed by atoms with E-state index < -0.39 is 0 Å². The van der Waals surface area contributed by atoms with Crippen molar-refractivity contribution in [1.29, 1.82) is 0 Å². The third kappa shape index (κ3) is 3.64. The Kier molecular flexibility index (Phi) is 4.79. The van der Waals surface area contributed by atoms with Gasteiger partial charge >= 0.3 is 0 Å².